The monoisotopic (exact) mass is 695 g/mol. The number of furan rings is 1. The summed E-state index contributed by atoms with van der Waals surface area (Å²) >= 11 is 0. The van der Waals surface area contributed by atoms with Crippen LogP contribution in [0, 0.1) is 23.7 Å². The topological polar surface area (TPSA) is 16.4 Å². The average Bonchev–Trinajstić information content (AvgIpc) is 3.74. The second kappa shape index (κ2) is 11.6. The molecule has 0 N–H and O–H groups in total. The van der Waals surface area contributed by atoms with Crippen LogP contribution in [0.4, 0.5) is 17.1 Å². The second-order valence-corrected chi connectivity index (χ2v) is 16.6. The molecular weight excluding hydrogens is 655 g/mol. The Labute approximate surface area is 316 Å². The molecule has 0 aliphatic heterocycles. The molecule has 1 aromatic heterocycles. The van der Waals surface area contributed by atoms with Gasteiger partial charge in [-0.3, -0.25) is 0 Å². The van der Waals surface area contributed by atoms with Gasteiger partial charge in [-0.15, -0.1) is 0 Å². The van der Waals surface area contributed by atoms with Crippen LogP contribution in [-0.2, 0) is 5.41 Å². The molecular formula is C52H41NO. The average molecular weight is 696 g/mol. The maximum Gasteiger partial charge on any atom is 0.136 e. The van der Waals surface area contributed by atoms with E-state index in [1.54, 1.807) is 11.1 Å². The zero-order valence-electron chi connectivity index (χ0n) is 30.3. The van der Waals surface area contributed by atoms with Crippen molar-refractivity contribution in [2.45, 2.75) is 37.5 Å². The first kappa shape index (κ1) is 30.6. The van der Waals surface area contributed by atoms with Crippen molar-refractivity contribution < 1.29 is 4.42 Å². The molecule has 2 heteroatoms. The number of hydrogen-bond donors (Lipinski definition) is 0. The van der Waals surface area contributed by atoms with E-state index >= 15 is 0 Å². The van der Waals surface area contributed by atoms with E-state index in [-0.39, 0.29) is 5.41 Å². The minimum Gasteiger partial charge on any atom is -0.456 e. The Morgan fingerprint density at radius 3 is 1.70 bits per heavy atom. The first-order valence-electron chi connectivity index (χ1n) is 19.9. The van der Waals surface area contributed by atoms with Gasteiger partial charge in [-0.1, -0.05) is 109 Å². The van der Waals surface area contributed by atoms with Gasteiger partial charge >= 0.3 is 0 Å². The Hall–Kier alpha value is -5.86. The lowest BCUT2D eigenvalue weighted by molar-refractivity contribution is -0.0399. The maximum atomic E-state index is 6.27. The lowest BCUT2D eigenvalue weighted by Gasteiger charge is -2.61. The van der Waals surface area contributed by atoms with Gasteiger partial charge in [0.1, 0.15) is 11.2 Å². The first-order valence-corrected chi connectivity index (χ1v) is 19.9. The number of hydrogen-bond acceptors (Lipinski definition) is 2. The van der Waals surface area contributed by atoms with Crippen molar-refractivity contribution in [1.29, 1.82) is 0 Å². The maximum absolute atomic E-state index is 6.27. The summed E-state index contributed by atoms with van der Waals surface area (Å²) in [6.45, 7) is 0. The molecule has 2 nitrogen and oxygen atoms in total. The lowest BCUT2D eigenvalue weighted by atomic mass is 9.43. The predicted molar refractivity (Wildman–Crippen MR) is 223 cm³/mol. The van der Waals surface area contributed by atoms with E-state index < -0.39 is 0 Å². The largest absolute Gasteiger partial charge is 0.456 e. The van der Waals surface area contributed by atoms with E-state index in [1.165, 1.54) is 71.3 Å². The Morgan fingerprint density at radius 2 is 0.963 bits per heavy atom. The molecule has 0 atom stereocenters. The van der Waals surface area contributed by atoms with Crippen molar-refractivity contribution >= 4 is 39.0 Å². The second-order valence-electron chi connectivity index (χ2n) is 16.6. The van der Waals surface area contributed by atoms with Crippen LogP contribution in [-0.4, -0.2) is 0 Å². The summed E-state index contributed by atoms with van der Waals surface area (Å²) in [4.78, 5) is 2.48. The molecule has 1 spiro atoms. The van der Waals surface area contributed by atoms with E-state index in [2.05, 4.69) is 157 Å². The highest BCUT2D eigenvalue weighted by Gasteiger charge is 2.61. The fraction of sp³-hybridized carbons (Fsp3) is 0.192. The number of para-hydroxylation sites is 1. The molecule has 0 unspecified atom stereocenters. The Kier molecular flexibility index (Phi) is 6.55. The van der Waals surface area contributed by atoms with Gasteiger partial charge in [0.15, 0.2) is 0 Å². The van der Waals surface area contributed by atoms with Gasteiger partial charge < -0.3 is 9.32 Å². The molecule has 4 fully saturated rings. The molecule has 0 radical (unpaired) electrons. The van der Waals surface area contributed by atoms with Gasteiger partial charge in [-0.05, 0) is 155 Å². The van der Waals surface area contributed by atoms with Crippen molar-refractivity contribution in [1.82, 2.24) is 0 Å². The molecule has 5 aliphatic carbocycles. The predicted octanol–water partition coefficient (Wildman–Crippen LogP) is 14.1. The number of nitrogens with zero attached hydrogens (tertiary/aromatic N) is 1. The Bertz CT molecular complexity index is 2690. The van der Waals surface area contributed by atoms with Crippen LogP contribution >= 0.6 is 0 Å². The Balaban J connectivity index is 0.988. The summed E-state index contributed by atoms with van der Waals surface area (Å²) in [5.74, 6) is 3.30. The zero-order chi connectivity index (χ0) is 35.4. The van der Waals surface area contributed by atoms with E-state index in [1.807, 2.05) is 12.1 Å². The van der Waals surface area contributed by atoms with Crippen LogP contribution in [0.1, 0.15) is 43.2 Å². The molecule has 8 aromatic rings. The van der Waals surface area contributed by atoms with Gasteiger partial charge in [-0.2, -0.15) is 0 Å². The summed E-state index contributed by atoms with van der Waals surface area (Å²) in [5.41, 5.74) is 16.5. The molecule has 0 amide bonds. The number of benzene rings is 7. The normalized spacial score (nSPS) is 23.3. The number of anilines is 3. The van der Waals surface area contributed by atoms with E-state index in [4.69, 9.17) is 4.42 Å². The van der Waals surface area contributed by atoms with E-state index in [0.29, 0.717) is 0 Å². The van der Waals surface area contributed by atoms with Crippen LogP contribution in [0.2, 0.25) is 0 Å². The summed E-state index contributed by atoms with van der Waals surface area (Å²) in [6, 6.07) is 60.7. The third kappa shape index (κ3) is 4.40. The molecule has 54 heavy (non-hydrogen) atoms. The van der Waals surface area contributed by atoms with Crippen LogP contribution in [0.15, 0.2) is 168 Å². The highest BCUT2D eigenvalue weighted by Crippen LogP contribution is 2.69. The standard InChI is InChI=1S/C52H41NO/c1-2-8-35(9-3-1)36-14-19-41(20-15-36)53(42-21-16-37(17-22-42)38-18-24-47-46-11-5-7-13-50(46)54-51(47)31-38)43-23-25-45-44-10-4-6-12-48(44)52(49(45)32-43)39-27-33-26-34(29-39)30-40(52)28-33/h1-25,31-34,39-40H,26-30H2. The minimum atomic E-state index is 0.122. The van der Waals surface area contributed by atoms with Crippen molar-refractivity contribution in [3.05, 3.63) is 175 Å². The van der Waals surface area contributed by atoms with Crippen LogP contribution in [0.3, 0.4) is 0 Å². The van der Waals surface area contributed by atoms with Gasteiger partial charge in [0, 0.05) is 33.2 Å². The zero-order valence-corrected chi connectivity index (χ0v) is 30.3. The van der Waals surface area contributed by atoms with Crippen LogP contribution < -0.4 is 4.90 Å². The van der Waals surface area contributed by atoms with Gasteiger partial charge in [0.2, 0.25) is 0 Å². The summed E-state index contributed by atoms with van der Waals surface area (Å²) in [6.07, 6.45) is 7.01. The van der Waals surface area contributed by atoms with Gasteiger partial charge in [0.05, 0.1) is 0 Å². The molecule has 13 rings (SSSR count). The summed E-state index contributed by atoms with van der Waals surface area (Å²) in [5, 5.41) is 2.32. The molecule has 7 aromatic carbocycles. The van der Waals surface area contributed by atoms with E-state index in [0.717, 1.165) is 56.9 Å². The fourth-order valence-corrected chi connectivity index (χ4v) is 11.9. The van der Waals surface area contributed by atoms with Gasteiger partial charge in [-0.25, -0.2) is 0 Å². The highest BCUT2D eigenvalue weighted by molar-refractivity contribution is 6.06. The highest BCUT2D eigenvalue weighted by atomic mass is 16.3. The van der Waals surface area contributed by atoms with Crippen molar-refractivity contribution in [3.63, 3.8) is 0 Å². The van der Waals surface area contributed by atoms with E-state index in [9.17, 15) is 0 Å². The molecule has 1 heterocycles. The molecule has 4 bridgehead atoms. The fourth-order valence-electron chi connectivity index (χ4n) is 11.9. The SMILES string of the molecule is c1ccc(-c2ccc(N(c3ccc(-c4ccc5c(c4)oc4ccccc45)cc3)c3ccc4c(c3)C3(c5ccccc5-4)C4CC5CC(C4)CC3C5)cc2)cc1. The summed E-state index contributed by atoms with van der Waals surface area (Å²) < 4.78 is 6.27. The van der Waals surface area contributed by atoms with Crippen LogP contribution in [0.5, 0.6) is 0 Å². The van der Waals surface area contributed by atoms with Gasteiger partial charge in [0.25, 0.3) is 0 Å². The first-order chi connectivity index (χ1) is 26.7. The molecule has 0 saturated heterocycles. The number of rotatable bonds is 5. The van der Waals surface area contributed by atoms with Crippen molar-refractivity contribution in [2.75, 3.05) is 4.90 Å². The molecule has 4 saturated carbocycles. The third-order valence-electron chi connectivity index (χ3n) is 13.9. The molecule has 260 valence electrons. The third-order valence-corrected chi connectivity index (χ3v) is 13.9. The Morgan fingerprint density at radius 1 is 0.407 bits per heavy atom. The van der Waals surface area contributed by atoms with Crippen LogP contribution in [0.25, 0.3) is 55.3 Å². The smallest absolute Gasteiger partial charge is 0.136 e. The quantitative estimate of drug-likeness (QED) is 0.178. The van der Waals surface area contributed by atoms with Crippen molar-refractivity contribution in [2.24, 2.45) is 23.7 Å². The summed E-state index contributed by atoms with van der Waals surface area (Å²) in [7, 11) is 0. The molecule has 5 aliphatic rings. The lowest BCUT2D eigenvalue weighted by Crippen LogP contribution is -2.55. The van der Waals surface area contributed by atoms with Crippen molar-refractivity contribution in [3.8, 4) is 33.4 Å². The minimum absolute atomic E-state index is 0.122. The number of fused-ring (bicyclic) bond motifs is 6.